The molecule has 37 heavy (non-hydrogen) atoms. The molecule has 2 N–H and O–H groups in total. The number of thiazole rings is 1. The number of nitrogens with one attached hydrogen (secondary N) is 1. The predicted molar refractivity (Wildman–Crippen MR) is 144 cm³/mol. The van der Waals surface area contributed by atoms with Crippen LogP contribution < -0.4 is 5.32 Å². The molecule has 0 saturated carbocycles. The van der Waals surface area contributed by atoms with Crippen LogP contribution in [0, 0.1) is 5.92 Å². The fourth-order valence-electron chi connectivity index (χ4n) is 3.68. The van der Waals surface area contributed by atoms with E-state index in [0.717, 1.165) is 18.9 Å². The Balaban J connectivity index is 1.78. The minimum absolute atomic E-state index is 0.0742. The molecule has 202 valence electrons. The number of fused-ring (bicyclic) bond motifs is 1. The van der Waals surface area contributed by atoms with Crippen LogP contribution in [-0.2, 0) is 31.3 Å². The van der Waals surface area contributed by atoms with Gasteiger partial charge in [-0.05, 0) is 30.2 Å². The Kier molecular flexibility index (Phi) is 9.42. The molecular weight excluding hydrogens is 536 g/mol. The lowest BCUT2D eigenvalue weighted by Crippen LogP contribution is -2.51. The van der Waals surface area contributed by atoms with Crippen molar-refractivity contribution in [2.45, 2.75) is 30.4 Å². The Morgan fingerprint density at radius 3 is 2.41 bits per heavy atom. The zero-order valence-electron chi connectivity index (χ0n) is 21.1. The number of rotatable bonds is 12. The van der Waals surface area contributed by atoms with Crippen LogP contribution in [0.1, 0.15) is 12.5 Å². The average molecular weight is 569 g/mol. The second-order valence-electron chi connectivity index (χ2n) is 9.10. The zero-order chi connectivity index (χ0) is 27.4. The smallest absolute Gasteiger partial charge is 0.242 e. The first-order valence-corrected chi connectivity index (χ1v) is 15.5. The maximum Gasteiger partial charge on any atom is 0.242 e. The van der Waals surface area contributed by atoms with Crippen LogP contribution in [0.25, 0.3) is 10.2 Å². The van der Waals surface area contributed by atoms with Gasteiger partial charge in [0.15, 0.2) is 0 Å². The van der Waals surface area contributed by atoms with Gasteiger partial charge in [-0.15, -0.1) is 11.3 Å². The highest BCUT2D eigenvalue weighted by atomic mass is 32.2. The number of benzene rings is 2. The summed E-state index contributed by atoms with van der Waals surface area (Å²) in [6.45, 7) is 1.21. The van der Waals surface area contributed by atoms with Crippen molar-refractivity contribution in [3.8, 4) is 0 Å². The Bertz CT molecular complexity index is 1420. The molecule has 13 heteroatoms. The summed E-state index contributed by atoms with van der Waals surface area (Å²) in [5.74, 6) is -1.83. The van der Waals surface area contributed by atoms with Gasteiger partial charge in [0.05, 0.1) is 44.4 Å². The molecule has 0 radical (unpaired) electrons. The Hall–Kier alpha value is -2.42. The number of aliphatic hydroxyl groups is 1. The van der Waals surface area contributed by atoms with Crippen molar-refractivity contribution in [1.82, 2.24) is 18.9 Å². The topological polar surface area (TPSA) is 137 Å². The highest BCUT2D eigenvalue weighted by Gasteiger charge is 2.31. The molecule has 0 bridgehead atoms. The summed E-state index contributed by atoms with van der Waals surface area (Å²) in [4.78, 5) is 17.1. The number of sulfonamides is 2. The average Bonchev–Trinajstić information content (AvgIpc) is 3.31. The lowest BCUT2D eigenvalue weighted by molar-refractivity contribution is -0.125. The van der Waals surface area contributed by atoms with Gasteiger partial charge in [-0.3, -0.25) is 4.79 Å². The summed E-state index contributed by atoms with van der Waals surface area (Å²) in [5, 5.41) is 13.8. The van der Waals surface area contributed by atoms with Crippen LogP contribution in [-0.4, -0.2) is 87.0 Å². The van der Waals surface area contributed by atoms with E-state index >= 15 is 0 Å². The van der Waals surface area contributed by atoms with Crippen LogP contribution in [0.2, 0.25) is 0 Å². The van der Waals surface area contributed by atoms with E-state index in [0.29, 0.717) is 5.52 Å². The molecule has 0 fully saturated rings. The van der Waals surface area contributed by atoms with Gasteiger partial charge in [0.1, 0.15) is 0 Å². The van der Waals surface area contributed by atoms with Gasteiger partial charge >= 0.3 is 0 Å². The number of nitrogens with zero attached hydrogens (tertiary/aromatic N) is 3. The monoisotopic (exact) mass is 568 g/mol. The maximum absolute atomic E-state index is 13.2. The molecule has 0 unspecified atom stereocenters. The van der Waals surface area contributed by atoms with Crippen molar-refractivity contribution in [2.24, 2.45) is 5.92 Å². The number of aromatic nitrogens is 1. The third-order valence-electron chi connectivity index (χ3n) is 6.01. The summed E-state index contributed by atoms with van der Waals surface area (Å²) >= 11 is 1.33. The number of amides is 1. The van der Waals surface area contributed by atoms with E-state index in [9.17, 15) is 26.7 Å². The Morgan fingerprint density at radius 1 is 1.08 bits per heavy atom. The van der Waals surface area contributed by atoms with Crippen LogP contribution in [0.15, 0.2) is 58.9 Å². The lowest BCUT2D eigenvalue weighted by Gasteiger charge is -2.29. The lowest BCUT2D eigenvalue weighted by atomic mass is 10.00. The molecule has 0 spiro atoms. The molecule has 1 aromatic heterocycles. The minimum Gasteiger partial charge on any atom is -0.390 e. The third kappa shape index (κ3) is 7.33. The van der Waals surface area contributed by atoms with E-state index in [-0.39, 0.29) is 17.9 Å². The van der Waals surface area contributed by atoms with Crippen molar-refractivity contribution < 1.29 is 26.7 Å². The van der Waals surface area contributed by atoms with E-state index in [1.165, 1.54) is 45.5 Å². The van der Waals surface area contributed by atoms with Gasteiger partial charge in [-0.2, -0.15) is 4.31 Å². The Labute approximate surface area is 222 Å². The predicted octanol–water partition coefficient (Wildman–Crippen LogP) is 1.53. The summed E-state index contributed by atoms with van der Waals surface area (Å²) in [5.41, 5.74) is 3.15. The van der Waals surface area contributed by atoms with Crippen LogP contribution >= 0.6 is 11.3 Å². The number of hydrogen-bond donors (Lipinski definition) is 2. The van der Waals surface area contributed by atoms with Gasteiger partial charge in [0.2, 0.25) is 26.0 Å². The van der Waals surface area contributed by atoms with Crippen molar-refractivity contribution in [1.29, 1.82) is 0 Å². The highest BCUT2D eigenvalue weighted by Crippen LogP contribution is 2.24. The van der Waals surface area contributed by atoms with Crippen LogP contribution in [0.3, 0.4) is 0 Å². The van der Waals surface area contributed by atoms with Crippen LogP contribution in [0.5, 0.6) is 0 Å². The van der Waals surface area contributed by atoms with Crippen molar-refractivity contribution >= 4 is 47.5 Å². The van der Waals surface area contributed by atoms with E-state index in [1.807, 2.05) is 30.3 Å². The summed E-state index contributed by atoms with van der Waals surface area (Å²) in [6.07, 6.45) is -1.05. The molecule has 3 rings (SSSR count). The standard InChI is InChI=1S/C24H32N4O6S3/c1-17(15-36(31,32)27(2)3)24(30)26-21(12-18-8-6-5-7-9-18)22(29)14-28(4)37(33,34)19-10-11-20-23(13-19)35-16-25-20/h5-11,13,16-17,21-22,29H,12,14-15H2,1-4H3,(H,26,30)/t17-,21+,22-/m1/s1. The quantitative estimate of drug-likeness (QED) is 0.338. The van der Waals surface area contributed by atoms with Gasteiger partial charge in [0.25, 0.3) is 0 Å². The molecule has 2 aromatic carbocycles. The fraction of sp³-hybridized carbons (Fsp3) is 0.417. The molecule has 1 amide bonds. The maximum atomic E-state index is 13.2. The molecule has 10 nitrogen and oxygen atoms in total. The van der Waals surface area contributed by atoms with E-state index in [2.05, 4.69) is 10.3 Å². The second kappa shape index (κ2) is 12.0. The fourth-order valence-corrected chi connectivity index (χ4v) is 6.77. The van der Waals surface area contributed by atoms with E-state index < -0.39 is 49.8 Å². The molecular formula is C24H32N4O6S3. The Morgan fingerprint density at radius 2 is 1.76 bits per heavy atom. The largest absolute Gasteiger partial charge is 0.390 e. The molecule has 0 aliphatic rings. The van der Waals surface area contributed by atoms with Gasteiger partial charge < -0.3 is 10.4 Å². The molecule has 3 atom stereocenters. The highest BCUT2D eigenvalue weighted by molar-refractivity contribution is 7.89. The van der Waals surface area contributed by atoms with Gasteiger partial charge in [-0.1, -0.05) is 37.3 Å². The van der Waals surface area contributed by atoms with Gasteiger partial charge in [0, 0.05) is 27.7 Å². The van der Waals surface area contributed by atoms with Crippen molar-refractivity contribution in [3.63, 3.8) is 0 Å². The number of likely N-dealkylation sites (N-methyl/N-ethyl adjacent to an activating group) is 1. The molecule has 0 saturated heterocycles. The second-order valence-corrected chi connectivity index (χ2v) is 14.3. The van der Waals surface area contributed by atoms with E-state index in [4.69, 9.17) is 0 Å². The van der Waals surface area contributed by atoms with Crippen molar-refractivity contribution in [2.75, 3.05) is 33.4 Å². The van der Waals surface area contributed by atoms with Crippen LogP contribution in [0.4, 0.5) is 0 Å². The third-order valence-corrected chi connectivity index (χ3v) is 10.7. The SMILES string of the molecule is C[C@H](CS(=O)(=O)N(C)C)C(=O)N[C@@H](Cc1ccccc1)[C@H](O)CN(C)S(=O)(=O)c1ccc2ncsc2c1. The van der Waals surface area contributed by atoms with Gasteiger partial charge in [-0.25, -0.2) is 26.1 Å². The molecule has 0 aliphatic heterocycles. The normalized spacial score (nSPS) is 15.1. The summed E-state index contributed by atoms with van der Waals surface area (Å²) < 4.78 is 53.7. The number of aliphatic hydroxyl groups excluding tert-OH is 1. The number of hydrogen-bond acceptors (Lipinski definition) is 8. The first-order valence-electron chi connectivity index (χ1n) is 11.5. The molecule has 0 aliphatic carbocycles. The number of carbonyl (C=O) groups is 1. The number of carbonyl (C=O) groups excluding carboxylic acids is 1. The zero-order valence-corrected chi connectivity index (χ0v) is 23.6. The summed E-state index contributed by atoms with van der Waals surface area (Å²) in [7, 11) is -3.40. The molecule has 3 aromatic rings. The summed E-state index contributed by atoms with van der Waals surface area (Å²) in [6, 6.07) is 12.9. The first kappa shape index (κ1) is 29.1. The first-order chi connectivity index (χ1) is 17.3. The minimum atomic E-state index is -3.93. The molecule has 1 heterocycles. The van der Waals surface area contributed by atoms with Crippen molar-refractivity contribution in [3.05, 3.63) is 59.6 Å². The van der Waals surface area contributed by atoms with E-state index in [1.54, 1.807) is 17.6 Å².